The maximum absolute atomic E-state index is 12.9. The Hall–Kier alpha value is -3.62. The summed E-state index contributed by atoms with van der Waals surface area (Å²) in [5.41, 5.74) is 0.199. The van der Waals surface area contributed by atoms with E-state index in [1.165, 1.54) is 88.5 Å². The summed E-state index contributed by atoms with van der Waals surface area (Å²) < 4.78 is 21.9. The number of unbranched alkanes of at least 4 members (excludes halogenated alkanes) is 12. The van der Waals surface area contributed by atoms with Gasteiger partial charge in [-0.3, -0.25) is 9.59 Å². The van der Waals surface area contributed by atoms with E-state index in [1.807, 2.05) is 0 Å². The van der Waals surface area contributed by atoms with E-state index in [0.29, 0.717) is 24.7 Å². The van der Waals surface area contributed by atoms with Gasteiger partial charge in [-0.1, -0.05) is 114 Å². The molecule has 0 saturated carbocycles. The van der Waals surface area contributed by atoms with Crippen LogP contribution in [-0.2, 0) is 19.1 Å². The summed E-state index contributed by atoms with van der Waals surface area (Å²) in [5.74, 6) is -4.33. The van der Waals surface area contributed by atoms with E-state index in [0.717, 1.165) is 25.7 Å². The Kier molecular flexibility index (Phi) is 17.3. The first-order chi connectivity index (χ1) is 23.3. The molecule has 0 atom stereocenters. The standard InChI is InChI=1S/C38H46Cl2O8/c1-3-5-7-9-11-13-15-25-45-29-21-17-27(18-22-29)37(43)47-35-31(39)34(42)36(32(40)33(35)41)48-38(44)28-19-23-30(24-20-28)46-26-16-14-12-10-8-6-4-2/h17-24H,3-16,25-26H2,1-2H3. The van der Waals surface area contributed by atoms with Crippen LogP contribution in [-0.4, -0.2) is 36.7 Å². The van der Waals surface area contributed by atoms with Crippen molar-refractivity contribution < 1.29 is 38.1 Å². The number of carbonyl (C=O) groups is 4. The van der Waals surface area contributed by atoms with Gasteiger partial charge >= 0.3 is 11.9 Å². The highest BCUT2D eigenvalue weighted by Gasteiger charge is 2.38. The van der Waals surface area contributed by atoms with Crippen molar-refractivity contribution in [2.45, 2.75) is 104 Å². The molecule has 1 aliphatic carbocycles. The number of allylic oxidation sites excluding steroid dienone is 2. The molecule has 0 N–H and O–H groups in total. The zero-order valence-corrected chi connectivity index (χ0v) is 29.5. The molecule has 0 amide bonds. The first-order valence-corrected chi connectivity index (χ1v) is 17.8. The quantitative estimate of drug-likeness (QED) is 0.0679. The molecule has 0 saturated heterocycles. The van der Waals surface area contributed by atoms with Crippen LogP contribution in [0.15, 0.2) is 70.1 Å². The van der Waals surface area contributed by atoms with E-state index < -0.39 is 45.1 Å². The smallest absolute Gasteiger partial charge is 0.343 e. The maximum atomic E-state index is 12.9. The van der Waals surface area contributed by atoms with Gasteiger partial charge in [0.25, 0.3) is 0 Å². The lowest BCUT2D eigenvalue weighted by atomic mass is 10.1. The van der Waals surface area contributed by atoms with Crippen molar-refractivity contribution >= 4 is 46.7 Å². The Bertz CT molecular complexity index is 1320. The molecule has 10 heteroatoms. The van der Waals surface area contributed by atoms with Gasteiger partial charge in [-0.25, -0.2) is 9.59 Å². The van der Waals surface area contributed by atoms with Crippen molar-refractivity contribution in [1.29, 1.82) is 0 Å². The second-order valence-corrected chi connectivity index (χ2v) is 12.5. The number of hydrogen-bond acceptors (Lipinski definition) is 8. The Morgan fingerprint density at radius 2 is 0.812 bits per heavy atom. The van der Waals surface area contributed by atoms with E-state index in [9.17, 15) is 19.2 Å². The fourth-order valence-corrected chi connectivity index (χ4v) is 5.38. The highest BCUT2D eigenvalue weighted by atomic mass is 35.5. The van der Waals surface area contributed by atoms with Gasteiger partial charge in [-0.2, -0.15) is 0 Å². The number of rotatable bonds is 22. The molecule has 0 fully saturated rings. The molecular weight excluding hydrogens is 655 g/mol. The molecule has 2 aromatic carbocycles. The largest absolute Gasteiger partial charge is 0.494 e. The molecule has 0 aliphatic heterocycles. The van der Waals surface area contributed by atoms with Crippen LogP contribution in [0.5, 0.6) is 11.5 Å². The van der Waals surface area contributed by atoms with E-state index in [4.69, 9.17) is 42.1 Å². The summed E-state index contributed by atoms with van der Waals surface area (Å²) >= 11 is 12.3. The highest BCUT2D eigenvalue weighted by molar-refractivity contribution is 6.55. The van der Waals surface area contributed by atoms with Crippen LogP contribution in [0.2, 0.25) is 0 Å². The molecule has 0 bridgehead atoms. The van der Waals surface area contributed by atoms with Gasteiger partial charge in [-0.15, -0.1) is 0 Å². The minimum absolute atomic E-state index is 0.0997. The number of carbonyl (C=O) groups excluding carboxylic acids is 4. The third kappa shape index (κ3) is 12.4. The predicted molar refractivity (Wildman–Crippen MR) is 186 cm³/mol. The van der Waals surface area contributed by atoms with Crippen LogP contribution in [0, 0.1) is 0 Å². The summed E-state index contributed by atoms with van der Waals surface area (Å²) in [6.07, 6.45) is 16.4. The zero-order chi connectivity index (χ0) is 34.7. The fraction of sp³-hybridized carbons (Fsp3) is 0.474. The molecule has 1 aliphatic rings. The second-order valence-electron chi connectivity index (χ2n) is 11.7. The van der Waals surface area contributed by atoms with Crippen LogP contribution in [0.4, 0.5) is 0 Å². The summed E-state index contributed by atoms with van der Waals surface area (Å²) in [5, 5.41) is -1.46. The summed E-state index contributed by atoms with van der Waals surface area (Å²) in [7, 11) is 0. The molecule has 48 heavy (non-hydrogen) atoms. The van der Waals surface area contributed by atoms with Gasteiger partial charge in [-0.05, 0) is 61.4 Å². The first kappa shape index (κ1) is 38.8. The number of Topliss-reactive ketones (excluding diaryl/α,β-unsaturated/α-hetero) is 2. The van der Waals surface area contributed by atoms with Crippen LogP contribution in [0.3, 0.4) is 0 Å². The monoisotopic (exact) mass is 700 g/mol. The topological polar surface area (TPSA) is 105 Å². The van der Waals surface area contributed by atoms with Crippen LogP contribution < -0.4 is 9.47 Å². The Balaban J connectivity index is 1.48. The van der Waals surface area contributed by atoms with Gasteiger partial charge in [0, 0.05) is 0 Å². The lowest BCUT2D eigenvalue weighted by Gasteiger charge is -2.17. The normalized spacial score (nSPS) is 13.2. The molecule has 0 spiro atoms. The van der Waals surface area contributed by atoms with E-state index in [-0.39, 0.29) is 11.1 Å². The SMILES string of the molecule is CCCCCCCCCOc1ccc(C(=O)OC2=C(Cl)C(=O)C(OC(=O)c3ccc(OCCCCCCCCC)cc3)=C(Cl)C2=O)cc1. The molecule has 3 rings (SSSR count). The first-order valence-electron chi connectivity index (χ1n) is 17.1. The number of ether oxygens (including phenoxy) is 4. The van der Waals surface area contributed by atoms with Crippen molar-refractivity contribution in [3.8, 4) is 11.5 Å². The summed E-state index contributed by atoms with van der Waals surface area (Å²) in [4.78, 5) is 51.4. The molecule has 0 aromatic heterocycles. The minimum Gasteiger partial charge on any atom is -0.494 e. The molecule has 2 aromatic rings. The minimum atomic E-state index is -1.07. The molecule has 0 unspecified atom stereocenters. The maximum Gasteiger partial charge on any atom is 0.343 e. The second kappa shape index (κ2) is 21.4. The number of ketones is 2. The van der Waals surface area contributed by atoms with Crippen molar-refractivity contribution in [1.82, 2.24) is 0 Å². The van der Waals surface area contributed by atoms with Gasteiger partial charge in [0.05, 0.1) is 24.3 Å². The van der Waals surface area contributed by atoms with Crippen LogP contribution in [0.1, 0.15) is 124 Å². The summed E-state index contributed by atoms with van der Waals surface area (Å²) in [6, 6.07) is 12.3. The molecule has 260 valence electrons. The lowest BCUT2D eigenvalue weighted by molar-refractivity contribution is -0.119. The van der Waals surface area contributed by atoms with Crippen molar-refractivity contribution in [2.24, 2.45) is 0 Å². The number of benzene rings is 2. The predicted octanol–water partition coefficient (Wildman–Crippen LogP) is 10.0. The highest BCUT2D eigenvalue weighted by Crippen LogP contribution is 2.32. The lowest BCUT2D eigenvalue weighted by Crippen LogP contribution is -2.26. The third-order valence-electron chi connectivity index (χ3n) is 7.81. The Morgan fingerprint density at radius 3 is 1.15 bits per heavy atom. The molecule has 8 nitrogen and oxygen atoms in total. The van der Waals surface area contributed by atoms with Gasteiger partial charge < -0.3 is 18.9 Å². The molecule has 0 radical (unpaired) electrons. The molecular formula is C38H46Cl2O8. The van der Waals surface area contributed by atoms with E-state index in [2.05, 4.69) is 13.8 Å². The van der Waals surface area contributed by atoms with E-state index >= 15 is 0 Å². The average Bonchev–Trinajstić information content (AvgIpc) is 3.10. The van der Waals surface area contributed by atoms with Crippen molar-refractivity contribution in [2.75, 3.05) is 13.2 Å². The van der Waals surface area contributed by atoms with Gasteiger partial charge in [0.2, 0.25) is 23.1 Å². The molecule has 0 heterocycles. The number of hydrogen-bond donors (Lipinski definition) is 0. The van der Waals surface area contributed by atoms with Crippen LogP contribution >= 0.6 is 23.2 Å². The summed E-state index contributed by atoms with van der Waals surface area (Å²) in [6.45, 7) is 5.52. The van der Waals surface area contributed by atoms with Gasteiger partial charge in [0.15, 0.2) is 0 Å². The van der Waals surface area contributed by atoms with E-state index in [1.54, 1.807) is 24.3 Å². The van der Waals surface area contributed by atoms with Crippen molar-refractivity contribution in [3.05, 3.63) is 81.2 Å². The number of halogens is 2. The fourth-order valence-electron chi connectivity index (χ4n) is 4.96. The number of esters is 2. The zero-order valence-electron chi connectivity index (χ0n) is 28.0. The Morgan fingerprint density at radius 1 is 0.500 bits per heavy atom. The van der Waals surface area contributed by atoms with Gasteiger partial charge in [0.1, 0.15) is 21.6 Å². The third-order valence-corrected chi connectivity index (χ3v) is 8.50. The average molecular weight is 702 g/mol. The van der Waals surface area contributed by atoms with Crippen molar-refractivity contribution in [3.63, 3.8) is 0 Å². The van der Waals surface area contributed by atoms with Crippen LogP contribution in [0.25, 0.3) is 0 Å². The Labute approximate surface area is 293 Å².